The van der Waals surface area contributed by atoms with Gasteiger partial charge in [0, 0.05) is 30.1 Å². The van der Waals surface area contributed by atoms with Crippen molar-refractivity contribution in [1.29, 1.82) is 5.26 Å². The number of aromatic nitrogens is 2. The molecule has 3 aliphatic rings. The van der Waals surface area contributed by atoms with Gasteiger partial charge in [-0.3, -0.25) is 4.90 Å². The van der Waals surface area contributed by atoms with Crippen LogP contribution >= 0.6 is 18.7 Å². The molecule has 202 valence electrons. The molecule has 3 aromatic rings. The van der Waals surface area contributed by atoms with Crippen molar-refractivity contribution in [3.63, 3.8) is 0 Å². The first kappa shape index (κ1) is 26.3. The number of hydrogen-bond acceptors (Lipinski definition) is 7. The number of nitrogens with one attached hydrogen (secondary N) is 2. The summed E-state index contributed by atoms with van der Waals surface area (Å²) in [4.78, 5) is 11.5. The van der Waals surface area contributed by atoms with Crippen LogP contribution in [0.4, 0.5) is 27.5 Å². The zero-order chi connectivity index (χ0) is 27.3. The lowest BCUT2D eigenvalue weighted by molar-refractivity contribution is 0.195. The number of aryl methyl sites for hydroxylation is 2. The van der Waals surface area contributed by atoms with Gasteiger partial charge in [-0.25, -0.2) is 9.37 Å². The zero-order valence-corrected chi connectivity index (χ0v) is 23.6. The topological polar surface area (TPSA) is 93.9 Å². The molecular formula is C29H31ClFN6OP. The van der Waals surface area contributed by atoms with Gasteiger partial charge in [-0.05, 0) is 92.3 Å². The van der Waals surface area contributed by atoms with Gasteiger partial charge < -0.3 is 15.2 Å². The van der Waals surface area contributed by atoms with E-state index in [2.05, 4.69) is 49.8 Å². The summed E-state index contributed by atoms with van der Waals surface area (Å²) in [5, 5.41) is 16.3. The van der Waals surface area contributed by atoms with E-state index in [0.717, 1.165) is 44.5 Å². The highest BCUT2D eigenvalue weighted by molar-refractivity contribution is 7.70. The SMILES string of the molecule is CP(C)(=O)c1cc(F)ccc1Nc1nc(Nc2ccc3c(c2)CC[C@@H](N2CC4C(C#N)C4C2)CC3)ncc1Cl. The standard InChI is InChI=1S/C29H31ClFN6OP/c1-39(2,38)27-12-19(31)6-10-26(27)35-28-25(30)14-33-29(36-28)34-20-7-3-17-4-8-21(9-5-18(17)11-20)37-15-23-22(13-32)24(23)16-37/h3,6-7,10-12,14,21-24H,4-5,8-9,15-16H2,1-2H3,(H2,33,34,35,36)/t21-,22?,23?,24?/m0/s1. The lowest BCUT2D eigenvalue weighted by atomic mass is 10.0. The Morgan fingerprint density at radius 3 is 2.54 bits per heavy atom. The van der Waals surface area contributed by atoms with Crippen molar-refractivity contribution in [2.75, 3.05) is 37.1 Å². The van der Waals surface area contributed by atoms with E-state index in [1.807, 2.05) is 0 Å². The first-order valence-corrected chi connectivity index (χ1v) is 16.3. The van der Waals surface area contributed by atoms with Gasteiger partial charge in [-0.2, -0.15) is 10.2 Å². The van der Waals surface area contributed by atoms with E-state index in [-0.39, 0.29) is 0 Å². The highest BCUT2D eigenvalue weighted by Crippen LogP contribution is 2.52. The van der Waals surface area contributed by atoms with Crippen molar-refractivity contribution in [1.82, 2.24) is 14.9 Å². The molecule has 2 unspecified atom stereocenters. The summed E-state index contributed by atoms with van der Waals surface area (Å²) in [6.45, 7) is 5.35. The first-order valence-electron chi connectivity index (χ1n) is 13.4. The zero-order valence-electron chi connectivity index (χ0n) is 22.0. The summed E-state index contributed by atoms with van der Waals surface area (Å²) in [5.74, 6) is 1.75. The van der Waals surface area contributed by atoms with E-state index in [1.54, 1.807) is 19.4 Å². The second kappa shape index (κ2) is 10.2. The van der Waals surface area contributed by atoms with Crippen LogP contribution in [0.1, 0.15) is 24.0 Å². The van der Waals surface area contributed by atoms with Crippen molar-refractivity contribution >= 4 is 47.2 Å². The number of nitrogens with zero attached hydrogens (tertiary/aromatic N) is 4. The fourth-order valence-corrected chi connectivity index (χ4v) is 7.49. The number of rotatable bonds is 6. The van der Waals surface area contributed by atoms with Gasteiger partial charge in [0.2, 0.25) is 5.95 Å². The number of likely N-dealkylation sites (tertiary alicyclic amines) is 1. The minimum absolute atomic E-state index is 0.293. The Morgan fingerprint density at radius 1 is 1.08 bits per heavy atom. The lowest BCUT2D eigenvalue weighted by Gasteiger charge is -2.28. The van der Waals surface area contributed by atoms with Gasteiger partial charge in [0.05, 0.1) is 23.9 Å². The molecule has 2 fully saturated rings. The van der Waals surface area contributed by atoms with Crippen molar-refractivity contribution in [2.24, 2.45) is 17.8 Å². The third-order valence-electron chi connectivity index (χ3n) is 8.38. The molecule has 2 aliphatic carbocycles. The van der Waals surface area contributed by atoms with Crippen LogP contribution in [0, 0.1) is 34.9 Å². The van der Waals surface area contributed by atoms with E-state index >= 15 is 0 Å². The fraction of sp³-hybridized carbons (Fsp3) is 0.414. The number of piperidine rings is 1. The monoisotopic (exact) mass is 564 g/mol. The van der Waals surface area contributed by atoms with E-state index in [9.17, 15) is 14.2 Å². The number of hydrogen-bond donors (Lipinski definition) is 2. The minimum atomic E-state index is -2.75. The van der Waals surface area contributed by atoms with Crippen molar-refractivity contribution < 1.29 is 8.96 Å². The van der Waals surface area contributed by atoms with Crippen LogP contribution in [-0.2, 0) is 17.4 Å². The average Bonchev–Trinajstić information content (AvgIpc) is 3.46. The summed E-state index contributed by atoms with van der Waals surface area (Å²) in [6.07, 6.45) is 5.85. The van der Waals surface area contributed by atoms with Gasteiger partial charge >= 0.3 is 0 Å². The third kappa shape index (κ3) is 5.41. The maximum absolute atomic E-state index is 13.9. The third-order valence-corrected chi connectivity index (χ3v) is 10.2. The minimum Gasteiger partial charge on any atom is -0.338 e. The smallest absolute Gasteiger partial charge is 0.229 e. The maximum Gasteiger partial charge on any atom is 0.229 e. The van der Waals surface area contributed by atoms with Crippen LogP contribution in [0.2, 0.25) is 5.02 Å². The van der Waals surface area contributed by atoms with E-state index in [1.165, 1.54) is 29.5 Å². The molecule has 1 saturated heterocycles. The second-order valence-corrected chi connectivity index (χ2v) is 14.9. The molecule has 10 heteroatoms. The van der Waals surface area contributed by atoms with Crippen LogP contribution in [0.25, 0.3) is 0 Å². The summed E-state index contributed by atoms with van der Waals surface area (Å²) in [5.41, 5.74) is 4.11. The molecule has 1 saturated carbocycles. The Hall–Kier alpha value is -2.98. The Bertz CT molecular complexity index is 1510. The molecule has 1 aromatic heterocycles. The quantitative estimate of drug-likeness (QED) is 0.282. The Morgan fingerprint density at radius 2 is 1.82 bits per heavy atom. The molecule has 1 aliphatic heterocycles. The molecule has 0 amide bonds. The van der Waals surface area contributed by atoms with Gasteiger partial charge in [-0.15, -0.1) is 0 Å². The molecule has 3 atom stereocenters. The van der Waals surface area contributed by atoms with Crippen molar-refractivity contribution in [3.05, 3.63) is 64.6 Å². The maximum atomic E-state index is 13.9. The normalized spacial score (nSPS) is 24.3. The molecule has 2 aromatic carbocycles. The molecule has 2 heterocycles. The second-order valence-electron chi connectivity index (χ2n) is 11.3. The predicted molar refractivity (Wildman–Crippen MR) is 154 cm³/mol. The molecule has 0 bridgehead atoms. The lowest BCUT2D eigenvalue weighted by Crippen LogP contribution is -2.35. The number of nitriles is 1. The van der Waals surface area contributed by atoms with Gasteiger partial charge in [0.1, 0.15) is 18.0 Å². The summed E-state index contributed by atoms with van der Waals surface area (Å²) in [6, 6.07) is 13.6. The number of fused-ring (bicyclic) bond motifs is 2. The predicted octanol–water partition coefficient (Wildman–Crippen LogP) is 5.95. The van der Waals surface area contributed by atoms with Crippen molar-refractivity contribution in [3.8, 4) is 6.07 Å². The molecule has 0 radical (unpaired) electrons. The van der Waals surface area contributed by atoms with Crippen LogP contribution in [0.5, 0.6) is 0 Å². The van der Waals surface area contributed by atoms with E-state index in [4.69, 9.17) is 11.6 Å². The molecule has 0 spiro atoms. The molecule has 2 N–H and O–H groups in total. The van der Waals surface area contributed by atoms with Gasteiger partial charge in [0.15, 0.2) is 5.82 Å². The summed E-state index contributed by atoms with van der Waals surface area (Å²) < 4.78 is 26.6. The van der Waals surface area contributed by atoms with Gasteiger partial charge in [-0.1, -0.05) is 17.7 Å². The molecule has 7 nitrogen and oxygen atoms in total. The number of anilines is 4. The largest absolute Gasteiger partial charge is 0.338 e. The van der Waals surface area contributed by atoms with Crippen LogP contribution in [0.3, 0.4) is 0 Å². The highest BCUT2D eigenvalue weighted by atomic mass is 35.5. The Balaban J connectivity index is 1.15. The van der Waals surface area contributed by atoms with Gasteiger partial charge in [0.25, 0.3) is 0 Å². The van der Waals surface area contributed by atoms with Crippen molar-refractivity contribution in [2.45, 2.75) is 31.7 Å². The summed E-state index contributed by atoms with van der Waals surface area (Å²) >= 11 is 6.38. The van der Waals surface area contributed by atoms with Crippen LogP contribution in [0.15, 0.2) is 42.6 Å². The molecular weight excluding hydrogens is 534 g/mol. The fourth-order valence-electron chi connectivity index (χ4n) is 6.21. The van der Waals surface area contributed by atoms with E-state index in [0.29, 0.717) is 51.6 Å². The molecule has 6 rings (SSSR count). The number of halogens is 2. The van der Waals surface area contributed by atoms with Crippen LogP contribution in [-0.4, -0.2) is 47.3 Å². The van der Waals surface area contributed by atoms with Crippen LogP contribution < -0.4 is 15.9 Å². The number of benzene rings is 2. The molecule has 39 heavy (non-hydrogen) atoms. The van der Waals surface area contributed by atoms with E-state index < -0.39 is 13.0 Å². The Kier molecular flexibility index (Phi) is 6.87. The summed E-state index contributed by atoms with van der Waals surface area (Å²) in [7, 11) is -2.75. The highest BCUT2D eigenvalue weighted by Gasteiger charge is 2.56. The Labute approximate surface area is 233 Å². The first-order chi connectivity index (χ1) is 18.7. The average molecular weight is 565 g/mol.